The number of rotatable bonds is 4. The van der Waals surface area contributed by atoms with Gasteiger partial charge in [0.25, 0.3) is 0 Å². The fourth-order valence-electron chi connectivity index (χ4n) is 2.25. The summed E-state index contributed by atoms with van der Waals surface area (Å²) in [6, 6.07) is 29.9. The van der Waals surface area contributed by atoms with E-state index in [0.717, 1.165) is 16.7 Å². The Kier molecular flexibility index (Phi) is 13.2. The molecule has 26 heavy (non-hydrogen) atoms. The van der Waals surface area contributed by atoms with Crippen molar-refractivity contribution in [2.45, 2.75) is 6.54 Å². The van der Waals surface area contributed by atoms with Gasteiger partial charge >= 0.3 is 31.1 Å². The maximum absolute atomic E-state index is 4.56. The monoisotopic (exact) mass is 606 g/mol. The molecule has 3 rings (SSSR count). The second-order valence-corrected chi connectivity index (χ2v) is 6.04. The largest absolute Gasteiger partial charge is 0.289 e. The van der Waals surface area contributed by atoms with E-state index in [-0.39, 0.29) is 0 Å². The molecule has 3 aromatic rings. The molecule has 0 unspecified atom stereocenters. The molecular weight excluding hydrogens is 585 g/mol. The Bertz CT molecular complexity index is 748. The summed E-state index contributed by atoms with van der Waals surface area (Å²) < 4.78 is 0. The molecule has 0 aliphatic carbocycles. The van der Waals surface area contributed by atoms with E-state index < -0.39 is 0 Å². The van der Waals surface area contributed by atoms with Crippen LogP contribution in [0.5, 0.6) is 0 Å². The van der Waals surface area contributed by atoms with Gasteiger partial charge in [0.15, 0.2) is 0 Å². The van der Waals surface area contributed by atoms with Crippen LogP contribution >= 0.6 is 25.1 Å². The molecule has 0 aliphatic rings. The van der Waals surface area contributed by atoms with Crippen molar-refractivity contribution in [3.05, 3.63) is 96.1 Å². The van der Waals surface area contributed by atoms with E-state index in [9.17, 15) is 0 Å². The third-order valence-corrected chi connectivity index (χ3v) is 3.31. The maximum atomic E-state index is 4.56. The van der Waals surface area contributed by atoms with Crippen molar-refractivity contribution >= 4 is 31.3 Å². The molecular formula is C22H22BrNPtS. The molecule has 0 N–H and O–H groups in total. The van der Waals surface area contributed by atoms with Crippen molar-refractivity contribution in [1.82, 2.24) is 0 Å². The molecule has 0 aromatic heterocycles. The number of nitrogens with zero attached hydrogens (tertiary/aromatic N) is 1. The van der Waals surface area contributed by atoms with E-state index in [1.807, 2.05) is 85.0 Å². The van der Waals surface area contributed by atoms with Crippen LogP contribution in [0.1, 0.15) is 11.1 Å². The molecule has 0 spiro atoms. The molecule has 1 nitrogen and oxygen atoms in total. The third-order valence-electron chi connectivity index (χ3n) is 3.31. The van der Waals surface area contributed by atoms with E-state index in [0.29, 0.717) is 6.54 Å². The second-order valence-electron chi connectivity index (χ2n) is 5.23. The Morgan fingerprint density at radius 2 is 1.54 bits per heavy atom. The van der Waals surface area contributed by atoms with Gasteiger partial charge < -0.3 is 0 Å². The topological polar surface area (TPSA) is 12.4 Å². The molecule has 0 fully saturated rings. The van der Waals surface area contributed by atoms with Crippen LogP contribution in [-0.4, -0.2) is 18.7 Å². The van der Waals surface area contributed by atoms with Gasteiger partial charge in [-0.3, -0.25) is 4.99 Å². The zero-order chi connectivity index (χ0) is 19.0. The minimum Gasteiger partial charge on any atom is -0.289 e. The summed E-state index contributed by atoms with van der Waals surface area (Å²) in [5.41, 5.74) is 4.60. The third kappa shape index (κ3) is 8.49. The molecule has 0 saturated heterocycles. The first-order chi connectivity index (χ1) is 12.8. The molecule has 0 saturated carbocycles. The smallest absolute Gasteiger partial charge is 0.0639 e. The number of hydrogen-bond acceptors (Lipinski definition) is 2. The van der Waals surface area contributed by atoms with Crippen LogP contribution in [0.15, 0.2) is 83.9 Å². The van der Waals surface area contributed by atoms with Crippen LogP contribution in [0.3, 0.4) is 0 Å². The fraction of sp³-hybridized carbons (Fsp3) is 0.136. The van der Waals surface area contributed by atoms with Crippen LogP contribution < -0.4 is 0 Å². The van der Waals surface area contributed by atoms with Crippen molar-refractivity contribution in [3.63, 3.8) is 0 Å². The van der Waals surface area contributed by atoms with Gasteiger partial charge in [0.2, 0.25) is 0 Å². The molecule has 0 amide bonds. The normalized spacial score (nSPS) is 9.73. The summed E-state index contributed by atoms with van der Waals surface area (Å²) in [6.07, 6.45) is 6.03. The summed E-state index contributed by atoms with van der Waals surface area (Å²) >= 11 is 6.61. The SMILES string of the molecule is CSC.[Br][Pt+].[c-]1ccccc1-c1ccccc1C=NCc1ccccc1. The van der Waals surface area contributed by atoms with Crippen molar-refractivity contribution in [3.8, 4) is 11.1 Å². The molecule has 0 radical (unpaired) electrons. The predicted octanol–water partition coefficient (Wildman–Crippen LogP) is 6.60. The van der Waals surface area contributed by atoms with E-state index in [2.05, 4.69) is 54.7 Å². The number of benzene rings is 3. The minimum absolute atomic E-state index is 0.702. The van der Waals surface area contributed by atoms with Crippen LogP contribution in [0.4, 0.5) is 0 Å². The molecule has 0 heterocycles. The summed E-state index contributed by atoms with van der Waals surface area (Å²) in [5.74, 6) is 0. The summed E-state index contributed by atoms with van der Waals surface area (Å²) in [5, 5.41) is 0. The first-order valence-electron chi connectivity index (χ1n) is 7.97. The van der Waals surface area contributed by atoms with E-state index in [1.54, 1.807) is 11.8 Å². The average Bonchev–Trinajstić information content (AvgIpc) is 2.72. The number of aliphatic imine (C=N–C) groups is 1. The average molecular weight is 607 g/mol. The standard InChI is InChI=1S/C20H16N.C2H6S.BrH.Pt/c1-3-9-17(10-4-1)15-21-16-19-13-7-8-14-20(19)18-11-5-2-6-12-18;1-3-2;;/h1-11,13-14,16H,15H2;1-2H3;1H;/q-1;;;+2/p-1. The van der Waals surface area contributed by atoms with Gasteiger partial charge in [0.05, 0.1) is 6.54 Å². The number of halogens is 1. The molecule has 4 heteroatoms. The first kappa shape index (κ1) is 22.9. The molecule has 0 bridgehead atoms. The van der Waals surface area contributed by atoms with Crippen LogP contribution in [-0.2, 0) is 24.3 Å². The summed E-state index contributed by atoms with van der Waals surface area (Å²) in [7, 11) is 0. The van der Waals surface area contributed by atoms with Crippen molar-refractivity contribution in [2.75, 3.05) is 12.5 Å². The van der Waals surface area contributed by atoms with Crippen LogP contribution in [0.25, 0.3) is 11.1 Å². The van der Waals surface area contributed by atoms with E-state index in [4.69, 9.17) is 0 Å². The van der Waals surface area contributed by atoms with E-state index in [1.165, 1.54) is 5.56 Å². The second kappa shape index (κ2) is 15.0. The Morgan fingerprint density at radius 3 is 2.19 bits per heavy atom. The van der Waals surface area contributed by atoms with Gasteiger partial charge in [-0.25, -0.2) is 0 Å². The van der Waals surface area contributed by atoms with Crippen molar-refractivity contribution < 1.29 is 17.8 Å². The van der Waals surface area contributed by atoms with Gasteiger partial charge in [-0.1, -0.05) is 60.2 Å². The van der Waals surface area contributed by atoms with Crippen molar-refractivity contribution in [1.29, 1.82) is 0 Å². The Morgan fingerprint density at radius 1 is 0.923 bits per heavy atom. The Balaban J connectivity index is 0.000000615. The van der Waals surface area contributed by atoms with Crippen molar-refractivity contribution in [2.24, 2.45) is 4.99 Å². The number of thioether (sulfide) groups is 1. The maximum Gasteiger partial charge on any atom is 0.0639 e. The van der Waals surface area contributed by atoms with Gasteiger partial charge in [0, 0.05) is 6.21 Å². The van der Waals surface area contributed by atoms with Gasteiger partial charge in [-0.2, -0.15) is 11.8 Å². The predicted molar refractivity (Wildman–Crippen MR) is 117 cm³/mol. The van der Waals surface area contributed by atoms with E-state index >= 15 is 0 Å². The van der Waals surface area contributed by atoms with Crippen LogP contribution in [0.2, 0.25) is 0 Å². The Labute approximate surface area is 179 Å². The van der Waals surface area contributed by atoms with Gasteiger partial charge in [0.1, 0.15) is 0 Å². The zero-order valence-corrected chi connectivity index (χ0v) is 19.5. The number of hydrogen-bond donors (Lipinski definition) is 0. The quantitative estimate of drug-likeness (QED) is 0.241. The summed E-state index contributed by atoms with van der Waals surface area (Å²) in [6.45, 7) is 0.702. The zero-order valence-electron chi connectivity index (χ0n) is 14.8. The first-order valence-corrected chi connectivity index (χ1v) is 14.6. The minimum atomic E-state index is 0.702. The molecule has 0 atom stereocenters. The van der Waals surface area contributed by atoms with Crippen LogP contribution in [0, 0.1) is 6.07 Å². The van der Waals surface area contributed by atoms with Gasteiger partial charge in [-0.15, -0.1) is 35.9 Å². The molecule has 3 aromatic carbocycles. The summed E-state index contributed by atoms with van der Waals surface area (Å²) in [4.78, 5) is 4.56. The molecule has 138 valence electrons. The fourth-order valence-corrected chi connectivity index (χ4v) is 2.25. The van der Waals surface area contributed by atoms with Gasteiger partial charge in [-0.05, 0) is 23.6 Å². The molecule has 0 aliphatic heterocycles. The Hall–Kier alpha value is -1.15.